The van der Waals surface area contributed by atoms with Gasteiger partial charge in [0, 0.05) is 12.1 Å². The molecule has 3 rings (SSSR count). The summed E-state index contributed by atoms with van der Waals surface area (Å²) in [7, 11) is -2.93. The van der Waals surface area contributed by atoms with Gasteiger partial charge in [0.1, 0.15) is 0 Å². The second-order valence-corrected chi connectivity index (χ2v) is 7.80. The molecule has 1 fully saturated rings. The molecule has 1 aromatic rings. The molecule has 25 heavy (non-hydrogen) atoms. The molecule has 0 aromatic heterocycles. The SMILES string of the molecule is CCCCN1C2(C(=O)NC(=O)C2C(=O)OC)c2ccccc2S1(=O)=O. The van der Waals surface area contributed by atoms with Gasteiger partial charge in [-0.05, 0) is 12.5 Å². The summed E-state index contributed by atoms with van der Waals surface area (Å²) in [5.41, 5.74) is -1.81. The van der Waals surface area contributed by atoms with Crippen LogP contribution in [0.1, 0.15) is 25.3 Å². The number of sulfonamides is 1. The van der Waals surface area contributed by atoms with Gasteiger partial charge in [0.25, 0.3) is 5.91 Å². The Bertz CT molecular complexity index is 865. The number of rotatable bonds is 4. The summed E-state index contributed by atoms with van der Waals surface area (Å²) in [4.78, 5) is 37.4. The number of fused-ring (bicyclic) bond motifs is 2. The van der Waals surface area contributed by atoms with Crippen LogP contribution < -0.4 is 5.32 Å². The van der Waals surface area contributed by atoms with E-state index in [-0.39, 0.29) is 17.0 Å². The van der Waals surface area contributed by atoms with Gasteiger partial charge in [-0.3, -0.25) is 19.7 Å². The molecule has 134 valence electrons. The first-order valence-electron chi connectivity index (χ1n) is 7.89. The number of imide groups is 1. The number of benzene rings is 1. The normalized spacial score (nSPS) is 27.4. The van der Waals surface area contributed by atoms with Crippen molar-refractivity contribution in [1.29, 1.82) is 0 Å². The maximum atomic E-state index is 13.0. The van der Waals surface area contributed by atoms with Crippen molar-refractivity contribution in [3.8, 4) is 0 Å². The number of carbonyl (C=O) groups is 3. The number of carbonyl (C=O) groups excluding carboxylic acids is 3. The van der Waals surface area contributed by atoms with Crippen molar-refractivity contribution in [2.24, 2.45) is 5.92 Å². The van der Waals surface area contributed by atoms with Crippen LogP contribution in [-0.4, -0.2) is 44.2 Å². The molecule has 1 N–H and O–H groups in total. The van der Waals surface area contributed by atoms with Crippen LogP contribution in [0.15, 0.2) is 29.2 Å². The Hall–Kier alpha value is -2.26. The number of nitrogens with one attached hydrogen (secondary N) is 1. The number of esters is 1. The Balaban J connectivity index is 2.34. The molecular weight excluding hydrogens is 348 g/mol. The summed E-state index contributed by atoms with van der Waals surface area (Å²) in [5.74, 6) is -4.21. The number of ether oxygens (including phenoxy) is 1. The molecule has 0 bridgehead atoms. The summed E-state index contributed by atoms with van der Waals surface area (Å²) in [5, 5.41) is 2.12. The molecule has 2 heterocycles. The van der Waals surface area contributed by atoms with Crippen LogP contribution in [0.25, 0.3) is 0 Å². The first-order valence-corrected chi connectivity index (χ1v) is 9.33. The van der Waals surface area contributed by atoms with Crippen LogP contribution in [0.3, 0.4) is 0 Å². The Labute approximate surface area is 145 Å². The predicted octanol–water partition coefficient (Wildman–Crippen LogP) is 0.132. The van der Waals surface area contributed by atoms with E-state index in [4.69, 9.17) is 4.74 Å². The topological polar surface area (TPSA) is 110 Å². The van der Waals surface area contributed by atoms with Gasteiger partial charge in [0.05, 0.1) is 12.0 Å². The predicted molar refractivity (Wildman–Crippen MR) is 85.6 cm³/mol. The first kappa shape index (κ1) is 17.6. The van der Waals surface area contributed by atoms with Gasteiger partial charge in [-0.15, -0.1) is 0 Å². The van der Waals surface area contributed by atoms with Crippen molar-refractivity contribution >= 4 is 27.8 Å². The van der Waals surface area contributed by atoms with Crippen molar-refractivity contribution in [2.45, 2.75) is 30.2 Å². The van der Waals surface area contributed by atoms with Gasteiger partial charge in [0.2, 0.25) is 15.9 Å². The Morgan fingerprint density at radius 3 is 2.64 bits per heavy atom. The number of nitrogens with zero attached hydrogens (tertiary/aromatic N) is 1. The summed E-state index contributed by atoms with van der Waals surface area (Å²) in [6, 6.07) is 5.95. The summed E-state index contributed by atoms with van der Waals surface area (Å²) in [6.45, 7) is 1.89. The van der Waals surface area contributed by atoms with Crippen LogP contribution in [0.4, 0.5) is 0 Å². The van der Waals surface area contributed by atoms with Crippen molar-refractivity contribution in [1.82, 2.24) is 9.62 Å². The van der Waals surface area contributed by atoms with E-state index in [1.807, 2.05) is 6.92 Å². The zero-order valence-corrected chi connectivity index (χ0v) is 14.6. The van der Waals surface area contributed by atoms with E-state index in [0.29, 0.717) is 12.8 Å². The van der Waals surface area contributed by atoms with Gasteiger partial charge in [0.15, 0.2) is 11.5 Å². The minimum atomic E-state index is -4.03. The molecule has 2 amide bonds. The highest BCUT2D eigenvalue weighted by molar-refractivity contribution is 7.89. The minimum absolute atomic E-state index is 0.0156. The van der Waals surface area contributed by atoms with Crippen molar-refractivity contribution in [3.05, 3.63) is 29.8 Å². The molecule has 8 nitrogen and oxygen atoms in total. The first-order chi connectivity index (χ1) is 11.8. The number of hydrogen-bond acceptors (Lipinski definition) is 6. The Morgan fingerprint density at radius 1 is 1.32 bits per heavy atom. The van der Waals surface area contributed by atoms with Crippen molar-refractivity contribution < 1.29 is 27.5 Å². The van der Waals surface area contributed by atoms with Gasteiger partial charge in [-0.2, -0.15) is 4.31 Å². The van der Waals surface area contributed by atoms with E-state index >= 15 is 0 Å². The van der Waals surface area contributed by atoms with Crippen LogP contribution in [0, 0.1) is 5.92 Å². The van der Waals surface area contributed by atoms with Gasteiger partial charge in [-0.25, -0.2) is 8.42 Å². The molecule has 2 aliphatic rings. The van der Waals surface area contributed by atoms with Gasteiger partial charge >= 0.3 is 5.97 Å². The van der Waals surface area contributed by atoms with E-state index < -0.39 is 39.3 Å². The second kappa shape index (κ2) is 5.92. The van der Waals surface area contributed by atoms with E-state index in [0.717, 1.165) is 11.4 Å². The average Bonchev–Trinajstić information content (AvgIpc) is 2.95. The van der Waals surface area contributed by atoms with Crippen LogP contribution >= 0.6 is 0 Å². The number of hydrogen-bond donors (Lipinski definition) is 1. The van der Waals surface area contributed by atoms with Crippen molar-refractivity contribution in [3.63, 3.8) is 0 Å². The van der Waals surface area contributed by atoms with Gasteiger partial charge < -0.3 is 4.74 Å². The Kier molecular flexibility index (Phi) is 4.16. The van der Waals surface area contributed by atoms with Crippen molar-refractivity contribution in [2.75, 3.05) is 13.7 Å². The second-order valence-electron chi connectivity index (χ2n) is 5.97. The fourth-order valence-corrected chi connectivity index (χ4v) is 5.60. The molecule has 1 spiro atoms. The van der Waals surface area contributed by atoms with Crippen LogP contribution in [0.5, 0.6) is 0 Å². The monoisotopic (exact) mass is 366 g/mol. The summed E-state index contributed by atoms with van der Waals surface area (Å²) >= 11 is 0. The Morgan fingerprint density at radius 2 is 2.00 bits per heavy atom. The third kappa shape index (κ3) is 2.15. The third-order valence-corrected chi connectivity index (χ3v) is 6.64. The van der Waals surface area contributed by atoms with Crippen LogP contribution in [-0.2, 0) is 34.7 Å². The highest BCUT2D eigenvalue weighted by atomic mass is 32.2. The largest absolute Gasteiger partial charge is 0.468 e. The highest BCUT2D eigenvalue weighted by Gasteiger charge is 2.70. The van der Waals surface area contributed by atoms with E-state index in [1.165, 1.54) is 18.2 Å². The minimum Gasteiger partial charge on any atom is -0.468 e. The van der Waals surface area contributed by atoms with E-state index in [2.05, 4.69) is 5.32 Å². The van der Waals surface area contributed by atoms with E-state index in [9.17, 15) is 22.8 Å². The maximum absolute atomic E-state index is 13.0. The van der Waals surface area contributed by atoms with Gasteiger partial charge in [-0.1, -0.05) is 31.5 Å². The average molecular weight is 366 g/mol. The molecule has 0 aliphatic carbocycles. The third-order valence-electron chi connectivity index (χ3n) is 4.67. The molecule has 9 heteroatoms. The molecule has 1 saturated heterocycles. The van der Waals surface area contributed by atoms with E-state index in [1.54, 1.807) is 6.07 Å². The summed E-state index contributed by atoms with van der Waals surface area (Å²) < 4.78 is 31.8. The fraction of sp³-hybridized carbons (Fsp3) is 0.438. The molecule has 2 atom stereocenters. The smallest absolute Gasteiger partial charge is 0.321 e. The maximum Gasteiger partial charge on any atom is 0.321 e. The number of amides is 2. The lowest BCUT2D eigenvalue weighted by Gasteiger charge is -2.34. The lowest BCUT2D eigenvalue weighted by molar-refractivity contribution is -0.154. The summed E-state index contributed by atoms with van der Waals surface area (Å²) in [6.07, 6.45) is 1.15. The molecule has 2 unspecified atom stereocenters. The highest BCUT2D eigenvalue weighted by Crippen LogP contribution is 2.51. The fourth-order valence-electron chi connectivity index (χ4n) is 3.58. The quantitative estimate of drug-likeness (QED) is 0.461. The zero-order chi connectivity index (χ0) is 18.4. The van der Waals surface area contributed by atoms with Crippen LogP contribution in [0.2, 0.25) is 0 Å². The standard InChI is InChI=1S/C16H18N2O6S/c1-3-4-9-18-16(10-7-5-6-8-11(10)25(18,22)23)12(14(20)24-2)13(19)17-15(16)21/h5-8,12H,3-4,9H2,1-2H3,(H,17,19,21). The molecule has 1 aromatic carbocycles. The zero-order valence-electron chi connectivity index (χ0n) is 13.8. The lowest BCUT2D eigenvalue weighted by atomic mass is 9.79. The molecule has 0 saturated carbocycles. The number of unbranched alkanes of at least 4 members (excludes halogenated alkanes) is 1. The molecular formula is C16H18N2O6S. The number of methoxy groups -OCH3 is 1. The molecule has 0 radical (unpaired) electrons. The molecule has 2 aliphatic heterocycles. The lowest BCUT2D eigenvalue weighted by Crippen LogP contribution is -2.55.